The van der Waals surface area contributed by atoms with Gasteiger partial charge in [0, 0.05) is 32.9 Å². The molecule has 0 aliphatic carbocycles. The number of amides is 4. The van der Waals surface area contributed by atoms with Gasteiger partial charge < -0.3 is 42.0 Å². The number of likely N-dealkylation sites (tertiary alicyclic amines) is 1. The molecule has 0 aromatic rings. The number of carbonyl (C=O) groups excluding carboxylic acids is 4. The smallest absolute Gasteiger partial charge is 0.326 e. The summed E-state index contributed by atoms with van der Waals surface area (Å²) in [6, 6.07) is -4.27. The van der Waals surface area contributed by atoms with Crippen LogP contribution in [0.4, 0.5) is 0 Å². The molecular formula is C23H39N5O9. The molecule has 0 spiro atoms. The maximum Gasteiger partial charge on any atom is 0.326 e. The van der Waals surface area contributed by atoms with E-state index in [1.165, 1.54) is 12.0 Å². The molecular weight excluding hydrogens is 490 g/mol. The number of primary amides is 1. The molecule has 0 unspecified atom stereocenters. The van der Waals surface area contributed by atoms with Gasteiger partial charge in [-0.3, -0.25) is 24.0 Å². The molecule has 0 radical (unpaired) electrons. The summed E-state index contributed by atoms with van der Waals surface area (Å²) in [4.78, 5) is 74.0. The lowest BCUT2D eigenvalue weighted by Gasteiger charge is -2.42. The van der Waals surface area contributed by atoms with E-state index in [1.807, 2.05) is 0 Å². The first-order valence-electron chi connectivity index (χ1n) is 12.2. The van der Waals surface area contributed by atoms with Crippen LogP contribution in [0.25, 0.3) is 0 Å². The molecule has 1 heterocycles. The van der Waals surface area contributed by atoms with Gasteiger partial charge in [-0.2, -0.15) is 0 Å². The summed E-state index contributed by atoms with van der Waals surface area (Å²) in [5.41, 5.74) is 11.0. The average Bonchev–Trinajstić information content (AvgIpc) is 2.82. The van der Waals surface area contributed by atoms with Crippen LogP contribution in [0.15, 0.2) is 0 Å². The van der Waals surface area contributed by atoms with E-state index < -0.39 is 65.8 Å². The Bertz CT molecular complexity index is 850. The van der Waals surface area contributed by atoms with Crippen LogP contribution in [0.3, 0.4) is 0 Å². The lowest BCUT2D eigenvalue weighted by molar-refractivity contribution is -0.148. The second-order valence-corrected chi connectivity index (χ2v) is 9.45. The topological polar surface area (TPSA) is 231 Å². The molecule has 1 saturated heterocycles. The van der Waals surface area contributed by atoms with Crippen molar-refractivity contribution in [1.29, 1.82) is 0 Å². The van der Waals surface area contributed by atoms with Crippen LogP contribution in [0, 0.1) is 5.92 Å². The van der Waals surface area contributed by atoms with Crippen molar-refractivity contribution < 1.29 is 43.7 Å². The van der Waals surface area contributed by atoms with Crippen molar-refractivity contribution in [3.8, 4) is 0 Å². The number of aliphatic carboxylic acids is 2. The maximum absolute atomic E-state index is 13.5. The Morgan fingerprint density at radius 1 is 1.03 bits per heavy atom. The summed E-state index contributed by atoms with van der Waals surface area (Å²) < 4.78 is 5.49. The van der Waals surface area contributed by atoms with Gasteiger partial charge in [0.15, 0.2) is 0 Å². The van der Waals surface area contributed by atoms with Gasteiger partial charge in [0.2, 0.25) is 23.6 Å². The SMILES string of the molecule is CO[C@H]1CCCN(C(=O)[C@H](CCC(=O)O)NC(=O)[C@@H](N)C(C)C)[C@H]1CC(=O)N[C@@H](CCC(N)=O)C(=O)O. The van der Waals surface area contributed by atoms with Gasteiger partial charge in [-0.05, 0) is 31.6 Å². The number of hydrogen-bond acceptors (Lipinski definition) is 8. The lowest BCUT2D eigenvalue weighted by Crippen LogP contribution is -2.60. The molecule has 0 aromatic heterocycles. The van der Waals surface area contributed by atoms with Crippen molar-refractivity contribution in [2.75, 3.05) is 13.7 Å². The number of nitrogens with zero attached hydrogens (tertiary/aromatic N) is 1. The third-order valence-electron chi connectivity index (χ3n) is 6.29. The molecule has 8 N–H and O–H groups in total. The van der Waals surface area contributed by atoms with E-state index in [0.717, 1.165) is 0 Å². The Balaban J connectivity index is 3.12. The Labute approximate surface area is 215 Å². The minimum Gasteiger partial charge on any atom is -0.481 e. The number of carboxylic acid groups (broad SMARTS) is 2. The van der Waals surface area contributed by atoms with E-state index in [-0.39, 0.29) is 44.6 Å². The predicted molar refractivity (Wildman–Crippen MR) is 130 cm³/mol. The summed E-state index contributed by atoms with van der Waals surface area (Å²) in [6.07, 6.45) is -0.837. The average molecular weight is 530 g/mol. The summed E-state index contributed by atoms with van der Waals surface area (Å²) in [5.74, 6) is -5.31. The highest BCUT2D eigenvalue weighted by atomic mass is 16.5. The molecule has 1 aliphatic heterocycles. The number of rotatable bonds is 15. The monoisotopic (exact) mass is 529 g/mol. The number of carboxylic acids is 2. The fourth-order valence-electron chi connectivity index (χ4n) is 4.10. The van der Waals surface area contributed by atoms with Crippen LogP contribution in [0.2, 0.25) is 0 Å². The molecule has 1 fully saturated rings. The number of carbonyl (C=O) groups is 6. The molecule has 0 bridgehead atoms. The number of ether oxygens (including phenoxy) is 1. The highest BCUT2D eigenvalue weighted by Crippen LogP contribution is 2.24. The summed E-state index contributed by atoms with van der Waals surface area (Å²) >= 11 is 0. The number of methoxy groups -OCH3 is 1. The van der Waals surface area contributed by atoms with Gasteiger partial charge >= 0.3 is 11.9 Å². The van der Waals surface area contributed by atoms with Crippen molar-refractivity contribution in [2.24, 2.45) is 17.4 Å². The van der Waals surface area contributed by atoms with Gasteiger partial charge in [-0.15, -0.1) is 0 Å². The van der Waals surface area contributed by atoms with E-state index in [4.69, 9.17) is 21.3 Å². The summed E-state index contributed by atoms with van der Waals surface area (Å²) in [6.45, 7) is 3.68. The first kappa shape index (κ1) is 31.8. The highest BCUT2D eigenvalue weighted by molar-refractivity contribution is 5.91. The third-order valence-corrected chi connectivity index (χ3v) is 6.29. The van der Waals surface area contributed by atoms with Crippen molar-refractivity contribution >= 4 is 35.6 Å². The Hall–Kier alpha value is -3.26. The summed E-state index contributed by atoms with van der Waals surface area (Å²) in [5, 5.41) is 23.4. The standard InChI is InChI=1S/C23H39N5O9/c1-12(2)20(25)21(33)27-13(7-9-19(31)32)22(34)28-10-4-5-16(37-3)15(28)11-18(30)26-14(23(35)36)6-8-17(24)29/h12-16,20H,4-11,25H2,1-3H3,(H2,24,29)(H,26,30)(H,27,33)(H,31,32)(H,35,36)/t13-,14-,15-,16-,20-/m0/s1. The minimum absolute atomic E-state index is 0.188. The molecule has 4 amide bonds. The van der Waals surface area contributed by atoms with E-state index in [2.05, 4.69) is 10.6 Å². The largest absolute Gasteiger partial charge is 0.481 e. The minimum atomic E-state index is -1.35. The van der Waals surface area contributed by atoms with E-state index >= 15 is 0 Å². The Kier molecular flexibility index (Phi) is 13.0. The van der Waals surface area contributed by atoms with E-state index in [1.54, 1.807) is 13.8 Å². The fourth-order valence-corrected chi connectivity index (χ4v) is 4.10. The molecule has 37 heavy (non-hydrogen) atoms. The van der Waals surface area contributed by atoms with Crippen LogP contribution in [0.1, 0.15) is 58.8 Å². The lowest BCUT2D eigenvalue weighted by atomic mass is 9.93. The molecule has 0 saturated carbocycles. The third kappa shape index (κ3) is 10.3. The zero-order chi connectivity index (χ0) is 28.3. The molecule has 14 heteroatoms. The first-order valence-corrected chi connectivity index (χ1v) is 12.2. The number of nitrogens with one attached hydrogen (secondary N) is 2. The van der Waals surface area contributed by atoms with Crippen molar-refractivity contribution in [1.82, 2.24) is 15.5 Å². The van der Waals surface area contributed by atoms with Crippen molar-refractivity contribution in [2.45, 2.75) is 89.1 Å². The van der Waals surface area contributed by atoms with Crippen LogP contribution in [-0.4, -0.2) is 94.6 Å². The van der Waals surface area contributed by atoms with Crippen LogP contribution in [-0.2, 0) is 33.5 Å². The Morgan fingerprint density at radius 3 is 2.16 bits per heavy atom. The summed E-state index contributed by atoms with van der Waals surface area (Å²) in [7, 11) is 1.42. The zero-order valence-electron chi connectivity index (χ0n) is 21.5. The zero-order valence-corrected chi connectivity index (χ0v) is 21.5. The highest BCUT2D eigenvalue weighted by Gasteiger charge is 2.39. The van der Waals surface area contributed by atoms with E-state index in [9.17, 15) is 33.9 Å². The number of nitrogens with two attached hydrogens (primary N) is 2. The van der Waals surface area contributed by atoms with Crippen molar-refractivity contribution in [3.63, 3.8) is 0 Å². The quantitative estimate of drug-likeness (QED) is 0.144. The van der Waals surface area contributed by atoms with Crippen LogP contribution in [0.5, 0.6) is 0 Å². The molecule has 1 aliphatic rings. The second kappa shape index (κ2) is 15.1. The van der Waals surface area contributed by atoms with Gasteiger partial charge in [0.25, 0.3) is 0 Å². The normalized spacial score (nSPS) is 20.0. The van der Waals surface area contributed by atoms with Gasteiger partial charge in [-0.1, -0.05) is 13.8 Å². The Morgan fingerprint density at radius 2 is 1.65 bits per heavy atom. The molecule has 14 nitrogen and oxygen atoms in total. The molecule has 5 atom stereocenters. The van der Waals surface area contributed by atoms with E-state index in [0.29, 0.717) is 12.8 Å². The maximum atomic E-state index is 13.5. The molecule has 0 aromatic carbocycles. The number of piperidine rings is 1. The second-order valence-electron chi connectivity index (χ2n) is 9.45. The fraction of sp³-hybridized carbons (Fsp3) is 0.739. The van der Waals surface area contributed by atoms with Crippen LogP contribution < -0.4 is 22.1 Å². The van der Waals surface area contributed by atoms with Crippen LogP contribution >= 0.6 is 0 Å². The van der Waals surface area contributed by atoms with Gasteiger partial charge in [0.1, 0.15) is 12.1 Å². The van der Waals surface area contributed by atoms with Gasteiger partial charge in [-0.25, -0.2) is 4.79 Å². The first-order chi connectivity index (χ1) is 17.3. The van der Waals surface area contributed by atoms with Gasteiger partial charge in [0.05, 0.1) is 18.2 Å². The predicted octanol–water partition coefficient (Wildman–Crippen LogP) is -1.45. The molecule has 210 valence electrons. The molecule has 1 rings (SSSR count). The van der Waals surface area contributed by atoms with Crippen molar-refractivity contribution in [3.05, 3.63) is 0 Å². The number of hydrogen-bond donors (Lipinski definition) is 6.